The molecule has 3 aromatic rings. The molecule has 0 saturated heterocycles. The number of hydrogen-bond donors (Lipinski definition) is 0. The zero-order chi connectivity index (χ0) is 17.1. The molecule has 2 aromatic carbocycles. The molecular weight excluding hydrogens is 328 g/mol. The quantitative estimate of drug-likeness (QED) is 0.608. The molecule has 3 nitrogen and oxygen atoms in total. The second kappa shape index (κ2) is 7.11. The zero-order valence-electron chi connectivity index (χ0n) is 14.1. The van der Waals surface area contributed by atoms with E-state index in [2.05, 4.69) is 58.9 Å². The third-order valence-electron chi connectivity index (χ3n) is 4.30. The van der Waals surface area contributed by atoms with Crippen LogP contribution in [-0.4, -0.2) is 12.3 Å². The molecule has 0 saturated carbocycles. The average molecular weight is 348 g/mol. The minimum absolute atomic E-state index is 0.254. The maximum Gasteiger partial charge on any atom is 0.119 e. The van der Waals surface area contributed by atoms with E-state index in [9.17, 15) is 0 Å². The number of nitrogens with zero attached hydrogens (tertiary/aromatic N) is 2. The number of rotatable bonds is 5. The van der Waals surface area contributed by atoms with Crippen molar-refractivity contribution in [2.75, 3.05) is 11.6 Å². The standard InChI is InChI=1S/C21H20N2OS/c1-2-24-18-12-10-16(11-13-18)19-15-20(21-9-6-14-25-21)23(22-19)17-7-4-3-5-8-17/h3-14,20H,2,15H2,1H3/t20-/m0/s1. The molecule has 1 aliphatic heterocycles. The number of hydrazone groups is 1. The summed E-state index contributed by atoms with van der Waals surface area (Å²) < 4.78 is 5.55. The Morgan fingerprint density at radius 1 is 1.04 bits per heavy atom. The molecule has 0 aliphatic carbocycles. The van der Waals surface area contributed by atoms with Gasteiger partial charge in [-0.1, -0.05) is 24.3 Å². The molecule has 0 amide bonds. The van der Waals surface area contributed by atoms with Gasteiger partial charge in [0, 0.05) is 11.3 Å². The molecule has 0 N–H and O–H groups in total. The maximum atomic E-state index is 5.55. The van der Waals surface area contributed by atoms with E-state index >= 15 is 0 Å². The van der Waals surface area contributed by atoms with Crippen molar-refractivity contribution in [3.63, 3.8) is 0 Å². The lowest BCUT2D eigenvalue weighted by Gasteiger charge is -2.22. The van der Waals surface area contributed by atoms with Crippen LogP contribution in [0.3, 0.4) is 0 Å². The van der Waals surface area contributed by atoms with Crippen LogP contribution in [0.4, 0.5) is 5.69 Å². The minimum atomic E-state index is 0.254. The summed E-state index contributed by atoms with van der Waals surface area (Å²) in [5.41, 5.74) is 3.40. The van der Waals surface area contributed by atoms with Gasteiger partial charge in [-0.2, -0.15) is 5.10 Å². The van der Waals surface area contributed by atoms with E-state index in [-0.39, 0.29) is 6.04 Å². The van der Waals surface area contributed by atoms with Crippen LogP contribution in [-0.2, 0) is 0 Å². The largest absolute Gasteiger partial charge is 0.494 e. The van der Waals surface area contributed by atoms with Gasteiger partial charge in [-0.05, 0) is 60.3 Å². The normalized spacial score (nSPS) is 16.8. The fourth-order valence-corrected chi connectivity index (χ4v) is 3.93. The molecule has 0 fully saturated rings. The SMILES string of the molecule is CCOc1ccc(C2=NN(c3ccccc3)[C@H](c3cccs3)C2)cc1. The molecule has 0 unspecified atom stereocenters. The van der Waals surface area contributed by atoms with E-state index in [1.807, 2.05) is 25.1 Å². The summed E-state index contributed by atoms with van der Waals surface area (Å²) in [6.07, 6.45) is 0.906. The Kier molecular flexibility index (Phi) is 4.53. The van der Waals surface area contributed by atoms with Crippen LogP contribution in [0.15, 0.2) is 77.2 Å². The summed E-state index contributed by atoms with van der Waals surface area (Å²) >= 11 is 1.79. The zero-order valence-corrected chi connectivity index (χ0v) is 14.9. The van der Waals surface area contributed by atoms with Crippen molar-refractivity contribution >= 4 is 22.7 Å². The molecule has 4 heteroatoms. The molecule has 2 heterocycles. The molecular formula is C21H20N2OS. The van der Waals surface area contributed by atoms with Gasteiger partial charge in [-0.3, -0.25) is 5.01 Å². The Labute approximate surface area is 152 Å². The van der Waals surface area contributed by atoms with Crippen molar-refractivity contribution in [1.29, 1.82) is 0 Å². The van der Waals surface area contributed by atoms with Gasteiger partial charge in [0.05, 0.1) is 24.0 Å². The van der Waals surface area contributed by atoms with Crippen LogP contribution in [0.1, 0.15) is 29.8 Å². The predicted octanol–water partition coefficient (Wildman–Crippen LogP) is 5.50. The van der Waals surface area contributed by atoms with Crippen LogP contribution in [0.2, 0.25) is 0 Å². The van der Waals surface area contributed by atoms with Gasteiger partial charge < -0.3 is 4.74 Å². The highest BCUT2D eigenvalue weighted by Gasteiger charge is 2.30. The number of ether oxygens (including phenoxy) is 1. The molecule has 0 radical (unpaired) electrons. The monoisotopic (exact) mass is 348 g/mol. The number of anilines is 1. The van der Waals surface area contributed by atoms with E-state index in [4.69, 9.17) is 9.84 Å². The maximum absolute atomic E-state index is 5.55. The molecule has 4 rings (SSSR count). The summed E-state index contributed by atoms with van der Waals surface area (Å²) in [6, 6.07) is 23.2. The Morgan fingerprint density at radius 3 is 2.52 bits per heavy atom. The number of hydrogen-bond acceptors (Lipinski definition) is 4. The Bertz CT molecular complexity index is 841. The Hall–Kier alpha value is -2.59. The van der Waals surface area contributed by atoms with E-state index in [1.165, 1.54) is 4.88 Å². The number of para-hydroxylation sites is 1. The summed E-state index contributed by atoms with van der Waals surface area (Å²) in [6.45, 7) is 2.68. The lowest BCUT2D eigenvalue weighted by atomic mass is 10.0. The van der Waals surface area contributed by atoms with Crippen molar-refractivity contribution < 1.29 is 4.74 Å². The molecule has 25 heavy (non-hydrogen) atoms. The van der Waals surface area contributed by atoms with Gasteiger partial charge >= 0.3 is 0 Å². The first-order chi connectivity index (χ1) is 12.3. The summed E-state index contributed by atoms with van der Waals surface area (Å²) in [4.78, 5) is 1.34. The van der Waals surface area contributed by atoms with Crippen LogP contribution in [0.25, 0.3) is 0 Å². The highest BCUT2D eigenvalue weighted by molar-refractivity contribution is 7.10. The molecule has 1 aliphatic rings. The second-order valence-corrected chi connectivity index (χ2v) is 6.90. The summed E-state index contributed by atoms with van der Waals surface area (Å²) in [5, 5.41) is 9.24. The molecule has 1 atom stereocenters. The molecule has 1 aromatic heterocycles. The first-order valence-corrected chi connectivity index (χ1v) is 9.41. The van der Waals surface area contributed by atoms with Gasteiger partial charge in [0.1, 0.15) is 5.75 Å². The van der Waals surface area contributed by atoms with Gasteiger partial charge in [0.2, 0.25) is 0 Å². The van der Waals surface area contributed by atoms with Gasteiger partial charge in [0.15, 0.2) is 0 Å². The average Bonchev–Trinajstić information content (AvgIpc) is 3.33. The molecule has 0 spiro atoms. The van der Waals surface area contributed by atoms with Gasteiger partial charge in [-0.15, -0.1) is 11.3 Å². The summed E-state index contributed by atoms with van der Waals surface area (Å²) in [5.74, 6) is 0.902. The smallest absolute Gasteiger partial charge is 0.119 e. The van der Waals surface area contributed by atoms with E-state index in [0.717, 1.165) is 29.1 Å². The minimum Gasteiger partial charge on any atom is -0.494 e. The first kappa shape index (κ1) is 15.9. The van der Waals surface area contributed by atoms with Crippen LogP contribution in [0, 0.1) is 0 Å². The predicted molar refractivity (Wildman–Crippen MR) is 105 cm³/mol. The Morgan fingerprint density at radius 2 is 1.84 bits per heavy atom. The topological polar surface area (TPSA) is 24.8 Å². The van der Waals surface area contributed by atoms with Crippen molar-refractivity contribution in [2.24, 2.45) is 5.10 Å². The molecule has 126 valence electrons. The van der Waals surface area contributed by atoms with E-state index in [1.54, 1.807) is 11.3 Å². The highest BCUT2D eigenvalue weighted by Crippen LogP contribution is 2.38. The third kappa shape index (κ3) is 3.30. The van der Waals surface area contributed by atoms with Crippen LogP contribution >= 0.6 is 11.3 Å². The lowest BCUT2D eigenvalue weighted by Crippen LogP contribution is -2.17. The van der Waals surface area contributed by atoms with Gasteiger partial charge in [-0.25, -0.2) is 0 Å². The molecule has 0 bridgehead atoms. The number of thiophene rings is 1. The highest BCUT2D eigenvalue weighted by atomic mass is 32.1. The Balaban J connectivity index is 1.67. The van der Waals surface area contributed by atoms with Crippen LogP contribution < -0.4 is 9.75 Å². The van der Waals surface area contributed by atoms with Crippen molar-refractivity contribution in [1.82, 2.24) is 0 Å². The van der Waals surface area contributed by atoms with Crippen LogP contribution in [0.5, 0.6) is 5.75 Å². The van der Waals surface area contributed by atoms with E-state index < -0.39 is 0 Å². The first-order valence-electron chi connectivity index (χ1n) is 8.53. The third-order valence-corrected chi connectivity index (χ3v) is 5.27. The fraction of sp³-hybridized carbons (Fsp3) is 0.190. The number of benzene rings is 2. The fourth-order valence-electron chi connectivity index (χ4n) is 3.12. The van der Waals surface area contributed by atoms with Crippen molar-refractivity contribution in [3.05, 3.63) is 82.6 Å². The van der Waals surface area contributed by atoms with Gasteiger partial charge in [0.25, 0.3) is 0 Å². The lowest BCUT2D eigenvalue weighted by molar-refractivity contribution is 0.340. The van der Waals surface area contributed by atoms with Crippen molar-refractivity contribution in [2.45, 2.75) is 19.4 Å². The van der Waals surface area contributed by atoms with Crippen molar-refractivity contribution in [3.8, 4) is 5.75 Å². The van der Waals surface area contributed by atoms with E-state index in [0.29, 0.717) is 6.61 Å². The second-order valence-electron chi connectivity index (χ2n) is 5.92. The summed E-state index contributed by atoms with van der Waals surface area (Å²) in [7, 11) is 0.